The number of carbonyl (C=O) groups excluding carboxylic acids is 1. The van der Waals surface area contributed by atoms with Crippen molar-refractivity contribution in [3.8, 4) is 0 Å². The molecule has 2 N–H and O–H groups in total. The second kappa shape index (κ2) is 7.70. The first-order valence-electron chi connectivity index (χ1n) is 7.17. The molecule has 1 unspecified atom stereocenters. The van der Waals surface area contributed by atoms with Gasteiger partial charge in [-0.25, -0.2) is 9.78 Å². The third-order valence-corrected chi connectivity index (χ3v) is 4.98. The van der Waals surface area contributed by atoms with Gasteiger partial charge in [0, 0.05) is 4.47 Å². The van der Waals surface area contributed by atoms with Gasteiger partial charge in [0.2, 0.25) is 0 Å². The van der Waals surface area contributed by atoms with E-state index < -0.39 is 17.9 Å². The summed E-state index contributed by atoms with van der Waals surface area (Å²) in [7, 11) is 0. The molecule has 2 aromatic rings. The Morgan fingerprint density at radius 1 is 1.35 bits per heavy atom. The SMILES string of the molecule is CCCc1nc(C)c(C(=O)NC(C(=O)O)c2ccc(Br)cc2)s1. The molecular weight excluding hydrogens is 380 g/mol. The maximum atomic E-state index is 12.4. The van der Waals surface area contributed by atoms with Crippen LogP contribution in [0.1, 0.15) is 45.3 Å². The lowest BCUT2D eigenvalue weighted by Gasteiger charge is -2.14. The topological polar surface area (TPSA) is 79.3 Å². The average molecular weight is 397 g/mol. The van der Waals surface area contributed by atoms with Gasteiger partial charge in [-0.15, -0.1) is 11.3 Å². The largest absolute Gasteiger partial charge is 0.479 e. The molecule has 0 aliphatic heterocycles. The average Bonchev–Trinajstić information content (AvgIpc) is 2.86. The smallest absolute Gasteiger partial charge is 0.330 e. The third-order valence-electron chi connectivity index (χ3n) is 3.24. The van der Waals surface area contributed by atoms with E-state index in [1.807, 2.05) is 6.92 Å². The Bertz CT molecular complexity index is 713. The molecule has 2 rings (SSSR count). The first kappa shape index (κ1) is 17.6. The molecule has 0 saturated carbocycles. The highest BCUT2D eigenvalue weighted by Crippen LogP contribution is 2.22. The summed E-state index contributed by atoms with van der Waals surface area (Å²) in [5, 5.41) is 12.9. The number of nitrogens with zero attached hydrogens (tertiary/aromatic N) is 1. The van der Waals surface area contributed by atoms with E-state index in [2.05, 4.69) is 26.2 Å². The Balaban J connectivity index is 2.21. The first-order valence-corrected chi connectivity index (χ1v) is 8.78. The van der Waals surface area contributed by atoms with Crippen molar-refractivity contribution in [2.45, 2.75) is 32.7 Å². The summed E-state index contributed by atoms with van der Waals surface area (Å²) in [6, 6.07) is 5.74. The zero-order valence-electron chi connectivity index (χ0n) is 12.8. The number of carboxylic acid groups (broad SMARTS) is 1. The van der Waals surface area contributed by atoms with Crippen molar-refractivity contribution < 1.29 is 14.7 Å². The molecule has 5 nitrogen and oxygen atoms in total. The second-order valence-electron chi connectivity index (χ2n) is 5.07. The van der Waals surface area contributed by atoms with E-state index in [9.17, 15) is 14.7 Å². The first-order chi connectivity index (χ1) is 10.9. The van der Waals surface area contributed by atoms with Crippen molar-refractivity contribution in [1.82, 2.24) is 10.3 Å². The molecule has 1 amide bonds. The lowest BCUT2D eigenvalue weighted by atomic mass is 10.1. The number of nitrogens with one attached hydrogen (secondary N) is 1. The van der Waals surface area contributed by atoms with Gasteiger partial charge in [0.15, 0.2) is 6.04 Å². The fourth-order valence-corrected chi connectivity index (χ4v) is 3.46. The van der Waals surface area contributed by atoms with Gasteiger partial charge in [-0.2, -0.15) is 0 Å². The van der Waals surface area contributed by atoms with Gasteiger partial charge in [0.25, 0.3) is 5.91 Å². The highest BCUT2D eigenvalue weighted by molar-refractivity contribution is 9.10. The Morgan fingerprint density at radius 2 is 2.00 bits per heavy atom. The number of benzene rings is 1. The molecule has 0 saturated heterocycles. The number of aliphatic carboxylic acids is 1. The van der Waals surface area contributed by atoms with E-state index in [1.54, 1.807) is 31.2 Å². The van der Waals surface area contributed by atoms with E-state index in [0.29, 0.717) is 16.1 Å². The van der Waals surface area contributed by atoms with E-state index in [1.165, 1.54) is 11.3 Å². The molecule has 0 radical (unpaired) electrons. The molecule has 1 aromatic carbocycles. The van der Waals surface area contributed by atoms with Crippen LogP contribution < -0.4 is 5.32 Å². The highest BCUT2D eigenvalue weighted by Gasteiger charge is 2.24. The zero-order chi connectivity index (χ0) is 17.0. The van der Waals surface area contributed by atoms with Crippen molar-refractivity contribution in [2.24, 2.45) is 0 Å². The normalized spacial score (nSPS) is 12.0. The van der Waals surface area contributed by atoms with Crippen LogP contribution in [0, 0.1) is 6.92 Å². The van der Waals surface area contributed by atoms with Crippen molar-refractivity contribution in [3.05, 3.63) is 49.9 Å². The summed E-state index contributed by atoms with van der Waals surface area (Å²) in [6.07, 6.45) is 1.76. The van der Waals surface area contributed by atoms with Gasteiger partial charge in [-0.05, 0) is 37.5 Å². The number of carbonyl (C=O) groups is 2. The van der Waals surface area contributed by atoms with Crippen molar-refractivity contribution in [1.29, 1.82) is 0 Å². The number of amides is 1. The lowest BCUT2D eigenvalue weighted by Crippen LogP contribution is -2.33. The molecule has 0 aliphatic rings. The zero-order valence-corrected chi connectivity index (χ0v) is 15.2. The summed E-state index contributed by atoms with van der Waals surface area (Å²) in [4.78, 5) is 28.8. The molecule has 0 spiro atoms. The standard InChI is InChI=1S/C16H17BrN2O3S/c1-3-4-12-18-9(2)14(23-12)15(20)19-13(16(21)22)10-5-7-11(17)8-6-10/h5-8,13H,3-4H2,1-2H3,(H,19,20)(H,21,22). The maximum absolute atomic E-state index is 12.4. The minimum atomic E-state index is -1.10. The monoisotopic (exact) mass is 396 g/mol. The Labute approximate surface area is 146 Å². The molecule has 1 aromatic heterocycles. The summed E-state index contributed by atoms with van der Waals surface area (Å²) in [5.41, 5.74) is 1.15. The summed E-state index contributed by atoms with van der Waals surface area (Å²) in [5.74, 6) is -1.51. The van der Waals surface area contributed by atoms with Gasteiger partial charge in [-0.3, -0.25) is 4.79 Å². The summed E-state index contributed by atoms with van der Waals surface area (Å²) >= 11 is 4.62. The van der Waals surface area contributed by atoms with Gasteiger partial charge in [0.1, 0.15) is 4.88 Å². The van der Waals surface area contributed by atoms with Gasteiger partial charge in [-0.1, -0.05) is 35.0 Å². The summed E-state index contributed by atoms with van der Waals surface area (Å²) in [6.45, 7) is 3.81. The minimum absolute atomic E-state index is 0.405. The predicted octanol–water partition coefficient (Wildman–Crippen LogP) is 3.72. The molecular formula is C16H17BrN2O3S. The molecule has 122 valence electrons. The fraction of sp³-hybridized carbons (Fsp3) is 0.312. The highest BCUT2D eigenvalue weighted by atomic mass is 79.9. The molecule has 1 heterocycles. The lowest BCUT2D eigenvalue weighted by molar-refractivity contribution is -0.139. The predicted molar refractivity (Wildman–Crippen MR) is 92.8 cm³/mol. The number of thiazole rings is 1. The number of hydrogen-bond donors (Lipinski definition) is 2. The molecule has 0 aliphatic carbocycles. The van der Waals surface area contributed by atoms with Crippen LogP contribution in [-0.2, 0) is 11.2 Å². The van der Waals surface area contributed by atoms with Crippen LogP contribution in [0.25, 0.3) is 0 Å². The van der Waals surface area contributed by atoms with Gasteiger partial charge < -0.3 is 10.4 Å². The van der Waals surface area contributed by atoms with Crippen LogP contribution in [0.4, 0.5) is 0 Å². The van der Waals surface area contributed by atoms with E-state index in [4.69, 9.17) is 0 Å². The number of hydrogen-bond acceptors (Lipinski definition) is 4. The number of rotatable bonds is 6. The Hall–Kier alpha value is -1.73. The van der Waals surface area contributed by atoms with Crippen LogP contribution in [0.3, 0.4) is 0 Å². The number of aromatic nitrogens is 1. The fourth-order valence-electron chi connectivity index (χ4n) is 2.12. The van der Waals surface area contributed by atoms with Crippen LogP contribution in [-0.4, -0.2) is 22.0 Å². The quantitative estimate of drug-likeness (QED) is 0.779. The van der Waals surface area contributed by atoms with Crippen molar-refractivity contribution in [2.75, 3.05) is 0 Å². The van der Waals surface area contributed by atoms with E-state index in [-0.39, 0.29) is 0 Å². The minimum Gasteiger partial charge on any atom is -0.479 e. The molecule has 0 fully saturated rings. The van der Waals surface area contributed by atoms with Gasteiger partial charge in [0.05, 0.1) is 10.7 Å². The number of aryl methyl sites for hydroxylation is 2. The number of carboxylic acids is 1. The second-order valence-corrected chi connectivity index (χ2v) is 7.07. The molecule has 1 atom stereocenters. The van der Waals surface area contributed by atoms with Crippen molar-refractivity contribution in [3.63, 3.8) is 0 Å². The molecule has 0 bridgehead atoms. The van der Waals surface area contributed by atoms with Gasteiger partial charge >= 0.3 is 5.97 Å². The van der Waals surface area contributed by atoms with Crippen LogP contribution in [0.5, 0.6) is 0 Å². The Kier molecular flexibility index (Phi) is 5.90. The Morgan fingerprint density at radius 3 is 2.57 bits per heavy atom. The maximum Gasteiger partial charge on any atom is 0.330 e. The van der Waals surface area contributed by atoms with Crippen LogP contribution >= 0.6 is 27.3 Å². The molecule has 23 heavy (non-hydrogen) atoms. The van der Waals surface area contributed by atoms with E-state index >= 15 is 0 Å². The van der Waals surface area contributed by atoms with Crippen LogP contribution in [0.2, 0.25) is 0 Å². The third kappa shape index (κ3) is 4.39. The van der Waals surface area contributed by atoms with Crippen molar-refractivity contribution >= 4 is 39.1 Å². The summed E-state index contributed by atoms with van der Waals surface area (Å²) < 4.78 is 0.847. The number of halogens is 1. The van der Waals surface area contributed by atoms with E-state index in [0.717, 1.165) is 22.3 Å². The molecule has 7 heteroatoms. The van der Waals surface area contributed by atoms with Crippen LogP contribution in [0.15, 0.2) is 28.7 Å².